The molecule has 11 heavy (non-hydrogen) atoms. The highest BCUT2D eigenvalue weighted by Gasteiger charge is 2.00. The molecule has 1 atom stereocenters. The van der Waals surface area contributed by atoms with Crippen LogP contribution in [0.4, 0.5) is 5.69 Å². The number of hydrogen-bond acceptors (Lipinski definition) is 2. The Morgan fingerprint density at radius 3 is 2.18 bits per heavy atom. The van der Waals surface area contributed by atoms with E-state index in [1.165, 1.54) is 0 Å². The molecule has 62 valence electrons. The van der Waals surface area contributed by atoms with Gasteiger partial charge in [0.15, 0.2) is 0 Å². The van der Waals surface area contributed by atoms with Crippen LogP contribution < -0.4 is 11.5 Å². The number of halogens is 1. The summed E-state index contributed by atoms with van der Waals surface area (Å²) in [6, 6.07) is 7.68. The first-order valence-electron chi connectivity index (χ1n) is 3.32. The summed E-state index contributed by atoms with van der Waals surface area (Å²) in [5.41, 5.74) is 13.1. The van der Waals surface area contributed by atoms with E-state index in [4.69, 9.17) is 11.5 Å². The number of hydrogen-bond donors (Lipinski definition) is 2. The minimum Gasteiger partial charge on any atom is -0.398 e. The fourth-order valence-corrected chi connectivity index (χ4v) is 0.926. The van der Waals surface area contributed by atoms with E-state index >= 15 is 0 Å². The molecule has 1 rings (SSSR count). The Bertz CT molecular complexity index is 223. The fourth-order valence-electron chi connectivity index (χ4n) is 0.926. The molecule has 0 fully saturated rings. The maximum atomic E-state index is 5.64. The van der Waals surface area contributed by atoms with Crippen LogP contribution in [0.2, 0.25) is 0 Å². The van der Waals surface area contributed by atoms with E-state index < -0.39 is 0 Å². The van der Waals surface area contributed by atoms with Crippen molar-refractivity contribution in [1.82, 2.24) is 0 Å². The number of nitrogen functional groups attached to an aromatic ring is 1. The summed E-state index contributed by atoms with van der Waals surface area (Å²) in [5.74, 6) is 0. The third-order valence-corrected chi connectivity index (χ3v) is 1.49. The van der Waals surface area contributed by atoms with Crippen molar-refractivity contribution in [2.45, 2.75) is 13.0 Å². The first-order chi connectivity index (χ1) is 4.72. The van der Waals surface area contributed by atoms with Gasteiger partial charge in [0, 0.05) is 11.7 Å². The van der Waals surface area contributed by atoms with Crippen molar-refractivity contribution in [3.8, 4) is 0 Å². The van der Waals surface area contributed by atoms with E-state index in [1.54, 1.807) is 0 Å². The van der Waals surface area contributed by atoms with Crippen LogP contribution in [-0.2, 0) is 0 Å². The molecule has 0 unspecified atom stereocenters. The smallest absolute Gasteiger partial charge is 0.0362 e. The van der Waals surface area contributed by atoms with Gasteiger partial charge in [0.05, 0.1) is 0 Å². The Labute approximate surface area is 73.0 Å². The highest BCUT2D eigenvalue weighted by atomic mass is 35.5. The number of benzene rings is 1. The van der Waals surface area contributed by atoms with E-state index in [0.717, 1.165) is 11.3 Å². The van der Waals surface area contributed by atoms with Gasteiger partial charge < -0.3 is 11.5 Å². The molecule has 0 radical (unpaired) electrons. The Kier molecular flexibility index (Phi) is 3.93. The summed E-state index contributed by atoms with van der Waals surface area (Å²) >= 11 is 0. The molecule has 0 heterocycles. The third-order valence-electron chi connectivity index (χ3n) is 1.49. The summed E-state index contributed by atoms with van der Waals surface area (Å²) in [7, 11) is 0. The SMILES string of the molecule is C[C@@H](N)c1ccccc1N.Cl. The minimum atomic E-state index is 0. The van der Waals surface area contributed by atoms with Gasteiger partial charge in [-0.25, -0.2) is 0 Å². The lowest BCUT2D eigenvalue weighted by molar-refractivity contribution is 0.821. The minimum absolute atomic E-state index is 0. The third kappa shape index (κ3) is 2.41. The standard InChI is InChI=1S/C8H12N2.ClH/c1-6(9)7-4-2-3-5-8(7)10;/h2-6H,9-10H2,1H3;1H/t6-;/m1./s1. The maximum absolute atomic E-state index is 5.64. The molecule has 2 nitrogen and oxygen atoms in total. The molecular weight excluding hydrogens is 160 g/mol. The number of nitrogens with two attached hydrogens (primary N) is 2. The van der Waals surface area contributed by atoms with E-state index in [9.17, 15) is 0 Å². The van der Waals surface area contributed by atoms with E-state index in [1.807, 2.05) is 31.2 Å². The summed E-state index contributed by atoms with van der Waals surface area (Å²) in [4.78, 5) is 0. The quantitative estimate of drug-likeness (QED) is 0.634. The zero-order chi connectivity index (χ0) is 7.56. The van der Waals surface area contributed by atoms with Crippen molar-refractivity contribution < 1.29 is 0 Å². The first-order valence-corrected chi connectivity index (χ1v) is 3.32. The number of rotatable bonds is 1. The lowest BCUT2D eigenvalue weighted by Gasteiger charge is -2.07. The molecule has 0 aliphatic carbocycles. The summed E-state index contributed by atoms with van der Waals surface area (Å²) in [6.07, 6.45) is 0. The van der Waals surface area contributed by atoms with Crippen LogP contribution in [0.5, 0.6) is 0 Å². The number of para-hydroxylation sites is 1. The second-order valence-electron chi connectivity index (χ2n) is 2.42. The van der Waals surface area contributed by atoms with Crippen LogP contribution in [0.25, 0.3) is 0 Å². The molecule has 0 spiro atoms. The van der Waals surface area contributed by atoms with Crippen LogP contribution in [0.1, 0.15) is 18.5 Å². The summed E-state index contributed by atoms with van der Waals surface area (Å²) in [5, 5.41) is 0. The molecule has 1 aromatic rings. The van der Waals surface area contributed by atoms with Gasteiger partial charge in [-0.1, -0.05) is 18.2 Å². The van der Waals surface area contributed by atoms with Crippen molar-refractivity contribution in [1.29, 1.82) is 0 Å². The van der Waals surface area contributed by atoms with Gasteiger partial charge in [-0.2, -0.15) is 0 Å². The van der Waals surface area contributed by atoms with E-state index in [2.05, 4.69) is 0 Å². The predicted molar refractivity (Wildman–Crippen MR) is 50.7 cm³/mol. The van der Waals surface area contributed by atoms with Crippen LogP contribution in [0.3, 0.4) is 0 Å². The van der Waals surface area contributed by atoms with Gasteiger partial charge in [0.1, 0.15) is 0 Å². The van der Waals surface area contributed by atoms with Crippen LogP contribution in [-0.4, -0.2) is 0 Å². The molecule has 0 bridgehead atoms. The predicted octanol–water partition coefficient (Wildman–Crippen LogP) is 1.71. The summed E-state index contributed by atoms with van der Waals surface area (Å²) < 4.78 is 0. The van der Waals surface area contributed by atoms with Gasteiger partial charge in [-0.15, -0.1) is 12.4 Å². The average Bonchev–Trinajstić information content (AvgIpc) is 1.88. The topological polar surface area (TPSA) is 52.0 Å². The van der Waals surface area contributed by atoms with E-state index in [-0.39, 0.29) is 18.4 Å². The number of anilines is 1. The molecule has 0 aliphatic rings. The normalized spacial score (nSPS) is 11.8. The summed E-state index contributed by atoms with van der Waals surface area (Å²) in [6.45, 7) is 1.92. The lowest BCUT2D eigenvalue weighted by atomic mass is 10.1. The first kappa shape index (κ1) is 10.3. The Morgan fingerprint density at radius 2 is 1.82 bits per heavy atom. The highest BCUT2D eigenvalue weighted by molar-refractivity contribution is 5.85. The van der Waals surface area contributed by atoms with Gasteiger partial charge in [-0.3, -0.25) is 0 Å². The largest absolute Gasteiger partial charge is 0.398 e. The molecule has 0 saturated heterocycles. The van der Waals surface area contributed by atoms with Crippen molar-refractivity contribution in [3.05, 3.63) is 29.8 Å². The second-order valence-corrected chi connectivity index (χ2v) is 2.42. The van der Waals surface area contributed by atoms with Gasteiger partial charge >= 0.3 is 0 Å². The highest BCUT2D eigenvalue weighted by Crippen LogP contribution is 2.16. The molecular formula is C8H13ClN2. The zero-order valence-electron chi connectivity index (χ0n) is 6.45. The molecule has 0 aromatic heterocycles. The second kappa shape index (κ2) is 4.21. The van der Waals surface area contributed by atoms with Crippen LogP contribution in [0, 0.1) is 0 Å². The van der Waals surface area contributed by atoms with Crippen LogP contribution >= 0.6 is 12.4 Å². The Hall–Kier alpha value is -0.730. The molecule has 1 aromatic carbocycles. The van der Waals surface area contributed by atoms with Gasteiger partial charge in [-0.05, 0) is 18.6 Å². The molecule has 4 N–H and O–H groups in total. The van der Waals surface area contributed by atoms with Gasteiger partial charge in [0.25, 0.3) is 0 Å². The molecule has 0 aliphatic heterocycles. The molecule has 0 saturated carbocycles. The maximum Gasteiger partial charge on any atom is 0.0362 e. The van der Waals surface area contributed by atoms with Gasteiger partial charge in [0.2, 0.25) is 0 Å². The van der Waals surface area contributed by atoms with E-state index in [0.29, 0.717) is 0 Å². The van der Waals surface area contributed by atoms with Crippen molar-refractivity contribution in [2.24, 2.45) is 5.73 Å². The van der Waals surface area contributed by atoms with Crippen molar-refractivity contribution >= 4 is 18.1 Å². The monoisotopic (exact) mass is 172 g/mol. The van der Waals surface area contributed by atoms with Crippen molar-refractivity contribution in [3.63, 3.8) is 0 Å². The average molecular weight is 173 g/mol. The molecule has 0 amide bonds. The lowest BCUT2D eigenvalue weighted by Crippen LogP contribution is -2.07. The zero-order valence-corrected chi connectivity index (χ0v) is 7.27. The Morgan fingerprint density at radius 1 is 1.27 bits per heavy atom. The van der Waals surface area contributed by atoms with Crippen molar-refractivity contribution in [2.75, 3.05) is 5.73 Å². The fraction of sp³-hybridized carbons (Fsp3) is 0.250. The van der Waals surface area contributed by atoms with Crippen LogP contribution in [0.15, 0.2) is 24.3 Å². The Balaban J connectivity index is 0.000001000. The molecule has 3 heteroatoms.